The van der Waals surface area contributed by atoms with Crippen molar-refractivity contribution < 1.29 is 34.8 Å². The van der Waals surface area contributed by atoms with Gasteiger partial charge in [0, 0.05) is 31.0 Å². The molecule has 1 atom stereocenters. The minimum Gasteiger partial charge on any atom is -0.361 e. The summed E-state index contributed by atoms with van der Waals surface area (Å²) >= 11 is 0. The van der Waals surface area contributed by atoms with E-state index in [-0.39, 0.29) is 12.1 Å². The Hall–Kier alpha value is -2.28. The minimum atomic E-state index is -5.77. The maximum absolute atomic E-state index is 13.6. The topological polar surface area (TPSA) is 69.3 Å². The number of halogens is 6. The molecule has 3 fully saturated rings. The quantitative estimate of drug-likeness (QED) is 0.611. The average molecular weight is 508 g/mol. The number of rotatable bonds is 4. The first-order chi connectivity index (χ1) is 15.8. The number of alkyl halides is 6. The number of sulfonamides is 1. The van der Waals surface area contributed by atoms with Gasteiger partial charge in [-0.25, -0.2) is 13.4 Å². The van der Waals surface area contributed by atoms with E-state index >= 15 is 0 Å². The lowest BCUT2D eigenvalue weighted by atomic mass is 9.64. The van der Waals surface area contributed by atoms with E-state index in [1.54, 1.807) is 4.90 Å². The third-order valence-electron chi connectivity index (χ3n) is 7.49. The number of nitrogens with one attached hydrogen (secondary N) is 1. The van der Waals surface area contributed by atoms with E-state index in [2.05, 4.69) is 9.97 Å². The van der Waals surface area contributed by atoms with Crippen molar-refractivity contribution >= 4 is 15.7 Å². The number of hydrogen-bond acceptors (Lipinski definition) is 4. The molecule has 3 saturated carbocycles. The molecule has 0 saturated heterocycles. The Balaban J connectivity index is 1.67. The van der Waals surface area contributed by atoms with E-state index < -0.39 is 51.8 Å². The summed E-state index contributed by atoms with van der Waals surface area (Å²) in [6.45, 7) is -1.11. The van der Waals surface area contributed by atoms with Crippen LogP contribution >= 0.6 is 0 Å². The van der Waals surface area contributed by atoms with E-state index in [4.69, 9.17) is 0 Å². The van der Waals surface area contributed by atoms with Gasteiger partial charge in [-0.05, 0) is 60.8 Å². The Morgan fingerprint density at radius 2 is 1.88 bits per heavy atom. The number of aromatic amines is 1. The minimum absolute atomic E-state index is 0.116. The van der Waals surface area contributed by atoms with Crippen molar-refractivity contribution in [2.75, 3.05) is 11.4 Å². The summed E-state index contributed by atoms with van der Waals surface area (Å²) in [6.07, 6.45) is 1.39. The van der Waals surface area contributed by atoms with Gasteiger partial charge in [-0.3, -0.25) is 0 Å². The van der Waals surface area contributed by atoms with Gasteiger partial charge in [-0.2, -0.15) is 30.6 Å². The van der Waals surface area contributed by atoms with Crippen molar-refractivity contribution in [3.8, 4) is 0 Å². The van der Waals surface area contributed by atoms with E-state index in [0.29, 0.717) is 21.6 Å². The first kappa shape index (κ1) is 23.5. The molecule has 2 aromatic rings. The number of H-pyrrole nitrogens is 1. The maximum Gasteiger partial charge on any atom is 0.511 e. The zero-order valence-corrected chi connectivity index (χ0v) is 18.6. The number of hydrogen-bond donors (Lipinski definition) is 1. The van der Waals surface area contributed by atoms with Crippen molar-refractivity contribution in [1.82, 2.24) is 14.3 Å². The molecule has 1 N–H and O–H groups in total. The summed E-state index contributed by atoms with van der Waals surface area (Å²) in [5, 5.41) is 0. The van der Waals surface area contributed by atoms with Gasteiger partial charge in [0.15, 0.2) is 0 Å². The zero-order valence-electron chi connectivity index (χ0n) is 17.8. The second-order valence-corrected chi connectivity index (χ2v) is 11.4. The monoisotopic (exact) mass is 508 g/mol. The van der Waals surface area contributed by atoms with Crippen LogP contribution in [0.3, 0.4) is 0 Å². The molecule has 1 aromatic heterocycles. The molecule has 2 bridgehead atoms. The molecule has 6 nitrogen and oxygen atoms in total. The van der Waals surface area contributed by atoms with Gasteiger partial charge in [0.25, 0.3) is 0 Å². The van der Waals surface area contributed by atoms with Gasteiger partial charge < -0.3 is 9.88 Å². The third-order valence-corrected chi connectivity index (χ3v) is 9.03. The van der Waals surface area contributed by atoms with Crippen LogP contribution in [0.25, 0.3) is 0 Å². The van der Waals surface area contributed by atoms with Crippen LogP contribution in [-0.2, 0) is 29.3 Å². The molecule has 4 aliphatic rings. The van der Waals surface area contributed by atoms with E-state index in [1.807, 2.05) is 0 Å². The van der Waals surface area contributed by atoms with Gasteiger partial charge >= 0.3 is 21.7 Å². The fourth-order valence-corrected chi connectivity index (χ4v) is 6.85. The van der Waals surface area contributed by atoms with Gasteiger partial charge in [0.05, 0.1) is 24.1 Å². The van der Waals surface area contributed by atoms with Gasteiger partial charge in [-0.1, -0.05) is 0 Å². The molecule has 0 spiro atoms. The highest BCUT2D eigenvalue weighted by atomic mass is 32.2. The van der Waals surface area contributed by atoms with Crippen molar-refractivity contribution in [3.05, 3.63) is 47.5 Å². The third kappa shape index (κ3) is 3.76. The van der Waals surface area contributed by atoms with Crippen LogP contribution in [0.15, 0.2) is 30.7 Å². The second kappa shape index (κ2) is 7.61. The SMILES string of the molecule is O=S(=O)(N1Cc2cc(C(F)(F)F)ccc2N(Cc2cnc[nH]2)C(C23CCC(C2)C3)C1)C(F)(F)F. The highest BCUT2D eigenvalue weighted by Gasteiger charge is 2.59. The standard InChI is InChI=1S/C21H22F6N4O2S/c22-20(23,24)15-1-2-17-14(5-15)9-30(34(32,33)21(25,26)27)11-18(19-4-3-13(6-19)7-19)31(17)10-16-8-28-12-29-16/h1-2,5,8,12-13,18H,3-4,6-7,9-11H2,(H,28,29). The lowest BCUT2D eigenvalue weighted by Crippen LogP contribution is -2.56. The predicted molar refractivity (Wildman–Crippen MR) is 110 cm³/mol. The van der Waals surface area contributed by atoms with E-state index in [9.17, 15) is 34.8 Å². The van der Waals surface area contributed by atoms with Crippen molar-refractivity contribution in [2.45, 2.75) is 56.5 Å². The molecule has 3 aliphatic carbocycles. The molecular weight excluding hydrogens is 486 g/mol. The number of anilines is 1. The normalized spacial score (nSPS) is 27.9. The van der Waals surface area contributed by atoms with E-state index in [0.717, 1.165) is 37.8 Å². The fourth-order valence-electron chi connectivity index (χ4n) is 5.91. The summed E-state index contributed by atoms with van der Waals surface area (Å²) in [7, 11) is -5.77. The van der Waals surface area contributed by atoms with Gasteiger partial charge in [-0.15, -0.1) is 0 Å². The largest absolute Gasteiger partial charge is 0.511 e. The van der Waals surface area contributed by atoms with Crippen LogP contribution in [0.2, 0.25) is 0 Å². The van der Waals surface area contributed by atoms with Crippen LogP contribution in [0.5, 0.6) is 0 Å². The van der Waals surface area contributed by atoms with Gasteiger partial charge in [0.1, 0.15) is 0 Å². The van der Waals surface area contributed by atoms with Crippen LogP contribution in [0.4, 0.5) is 32.0 Å². The summed E-state index contributed by atoms with van der Waals surface area (Å²) in [5.41, 5.74) is -6.19. The molecule has 186 valence electrons. The molecule has 6 rings (SSSR count). The number of imidazole rings is 1. The molecule has 2 heterocycles. The Kier molecular flexibility index (Phi) is 5.25. The lowest BCUT2D eigenvalue weighted by molar-refractivity contribution is -0.137. The average Bonchev–Trinajstić information content (AvgIpc) is 3.43. The number of aromatic nitrogens is 2. The second-order valence-electron chi connectivity index (χ2n) is 9.48. The highest BCUT2D eigenvalue weighted by Crippen LogP contribution is 2.62. The fraction of sp³-hybridized carbons (Fsp3) is 0.571. The Morgan fingerprint density at radius 3 is 2.44 bits per heavy atom. The Labute approximate surface area is 192 Å². The lowest BCUT2D eigenvalue weighted by Gasteiger charge is -2.50. The zero-order chi connectivity index (χ0) is 24.5. The first-order valence-corrected chi connectivity index (χ1v) is 12.2. The number of nitrogens with zero attached hydrogens (tertiary/aromatic N) is 3. The predicted octanol–water partition coefficient (Wildman–Crippen LogP) is 4.66. The molecule has 0 amide bonds. The van der Waals surface area contributed by atoms with E-state index in [1.165, 1.54) is 18.6 Å². The molecule has 0 radical (unpaired) electrons. The number of benzene rings is 1. The molecule has 13 heteroatoms. The summed E-state index contributed by atoms with van der Waals surface area (Å²) in [6, 6.07) is 2.25. The van der Waals surface area contributed by atoms with Crippen molar-refractivity contribution in [1.29, 1.82) is 0 Å². The molecule has 1 aromatic carbocycles. The summed E-state index contributed by atoms with van der Waals surface area (Å²) < 4.78 is 106. The maximum atomic E-state index is 13.6. The Bertz CT molecular complexity index is 1170. The summed E-state index contributed by atoms with van der Waals surface area (Å²) in [4.78, 5) is 8.67. The number of fused-ring (bicyclic) bond motifs is 2. The van der Waals surface area contributed by atoms with Crippen LogP contribution in [-0.4, -0.2) is 40.8 Å². The first-order valence-electron chi connectivity index (χ1n) is 10.8. The molecule has 34 heavy (non-hydrogen) atoms. The molecule has 1 unspecified atom stereocenters. The highest BCUT2D eigenvalue weighted by molar-refractivity contribution is 7.89. The molecule has 1 aliphatic heterocycles. The van der Waals surface area contributed by atoms with Crippen LogP contribution < -0.4 is 4.90 Å². The van der Waals surface area contributed by atoms with Crippen molar-refractivity contribution in [3.63, 3.8) is 0 Å². The van der Waals surface area contributed by atoms with Crippen LogP contribution in [0.1, 0.15) is 42.5 Å². The smallest absolute Gasteiger partial charge is 0.361 e. The summed E-state index contributed by atoms with van der Waals surface area (Å²) in [5.74, 6) is 0.442. The molecular formula is C21H22F6N4O2S. The van der Waals surface area contributed by atoms with Crippen LogP contribution in [0, 0.1) is 11.3 Å². The van der Waals surface area contributed by atoms with Crippen molar-refractivity contribution in [2.24, 2.45) is 11.3 Å². The van der Waals surface area contributed by atoms with Gasteiger partial charge in [0.2, 0.25) is 0 Å². The Morgan fingerprint density at radius 1 is 1.15 bits per heavy atom.